The fourth-order valence-electron chi connectivity index (χ4n) is 1.75. The lowest BCUT2D eigenvalue weighted by Crippen LogP contribution is -2.48. The molecule has 4 heteroatoms. The number of carbonyl (C=O) groups is 1. The van der Waals surface area contributed by atoms with Crippen LogP contribution in [0.15, 0.2) is 18.2 Å². The van der Waals surface area contributed by atoms with Gasteiger partial charge in [0, 0.05) is 12.0 Å². The van der Waals surface area contributed by atoms with Crippen LogP contribution in [0.2, 0.25) is 5.54 Å². The fraction of sp³-hybridized carbons (Fsp3) is 0.417. The molecule has 1 aliphatic rings. The maximum atomic E-state index is 11.2. The number of ketones is 1. The largest absolute Gasteiger partial charge is 0.296 e. The van der Waals surface area contributed by atoms with Gasteiger partial charge in [-0.1, -0.05) is 46.6 Å². The zero-order valence-electron chi connectivity index (χ0n) is 9.18. The number of rotatable bonds is 2. The summed E-state index contributed by atoms with van der Waals surface area (Å²) in [5, 5.41) is 1.27. The molecule has 1 nitrogen and oxygen atoms in total. The summed E-state index contributed by atoms with van der Waals surface area (Å²) in [6.07, 6.45) is 0.513. The molecule has 1 aromatic rings. The summed E-state index contributed by atoms with van der Waals surface area (Å²) >= 11 is 12.0. The Hall–Kier alpha value is -0.313. The molecule has 0 bridgehead atoms. The Balaban J connectivity index is 2.17. The van der Waals surface area contributed by atoms with E-state index in [1.807, 2.05) is 6.07 Å². The van der Waals surface area contributed by atoms with Crippen LogP contribution >= 0.6 is 23.2 Å². The van der Waals surface area contributed by atoms with Crippen molar-refractivity contribution in [1.29, 1.82) is 0 Å². The third-order valence-electron chi connectivity index (χ3n) is 3.13. The van der Waals surface area contributed by atoms with Gasteiger partial charge in [-0.3, -0.25) is 4.79 Å². The Bertz CT molecular complexity index is 443. The molecule has 0 spiro atoms. The van der Waals surface area contributed by atoms with E-state index < -0.39 is 4.33 Å². The first-order valence-electron chi connectivity index (χ1n) is 5.17. The third kappa shape index (κ3) is 1.94. The maximum absolute atomic E-state index is 11.2. The van der Waals surface area contributed by atoms with Gasteiger partial charge in [0.05, 0.1) is 9.52 Å². The Morgan fingerprint density at radius 2 is 2.06 bits per heavy atom. The number of alkyl halides is 2. The predicted molar refractivity (Wildman–Crippen MR) is 69.1 cm³/mol. The van der Waals surface area contributed by atoms with Crippen molar-refractivity contribution in [2.45, 2.75) is 30.1 Å². The van der Waals surface area contributed by atoms with Crippen LogP contribution in [0, 0.1) is 13.8 Å². The van der Waals surface area contributed by atoms with Crippen LogP contribution in [0.1, 0.15) is 17.5 Å². The first-order valence-corrected chi connectivity index (χ1v) is 7.00. The van der Waals surface area contributed by atoms with E-state index in [9.17, 15) is 4.79 Å². The molecule has 0 aliphatic heterocycles. The second-order valence-electron chi connectivity index (χ2n) is 4.19. The molecule has 16 heavy (non-hydrogen) atoms. The van der Waals surface area contributed by atoms with Gasteiger partial charge >= 0.3 is 0 Å². The van der Waals surface area contributed by atoms with Crippen molar-refractivity contribution in [3.8, 4) is 0 Å². The minimum atomic E-state index is -1.14. The Morgan fingerprint density at radius 3 is 2.62 bits per heavy atom. The van der Waals surface area contributed by atoms with Crippen LogP contribution in [0.25, 0.3) is 0 Å². The SMILES string of the molecule is Cc1cccc([Si]C2CC(=O)C2(Cl)Cl)c1C. The molecule has 1 saturated carbocycles. The summed E-state index contributed by atoms with van der Waals surface area (Å²) in [5.41, 5.74) is 2.64. The van der Waals surface area contributed by atoms with E-state index in [0.29, 0.717) is 15.9 Å². The molecule has 1 aromatic carbocycles. The Labute approximate surface area is 108 Å². The quantitative estimate of drug-likeness (QED) is 0.597. The molecular formula is C12H12Cl2OSi. The van der Waals surface area contributed by atoms with Crippen molar-refractivity contribution >= 4 is 43.7 Å². The van der Waals surface area contributed by atoms with Gasteiger partial charge in [-0.05, 0) is 25.0 Å². The molecule has 2 rings (SSSR count). The van der Waals surface area contributed by atoms with E-state index in [2.05, 4.69) is 26.0 Å². The summed E-state index contributed by atoms with van der Waals surface area (Å²) < 4.78 is -1.14. The molecule has 0 heterocycles. The summed E-state index contributed by atoms with van der Waals surface area (Å²) in [6.45, 7) is 4.19. The van der Waals surface area contributed by atoms with Crippen LogP contribution in [0.3, 0.4) is 0 Å². The highest BCUT2D eigenvalue weighted by Gasteiger charge is 2.52. The van der Waals surface area contributed by atoms with Crippen molar-refractivity contribution < 1.29 is 4.79 Å². The number of hydrogen-bond acceptors (Lipinski definition) is 1. The van der Waals surface area contributed by atoms with Crippen LogP contribution in [-0.2, 0) is 4.79 Å². The Kier molecular flexibility index (Phi) is 3.17. The van der Waals surface area contributed by atoms with Gasteiger partial charge in [0.2, 0.25) is 0 Å². The third-order valence-corrected chi connectivity index (χ3v) is 6.29. The van der Waals surface area contributed by atoms with Gasteiger partial charge in [0.1, 0.15) is 0 Å². The molecule has 0 saturated heterocycles. The van der Waals surface area contributed by atoms with Gasteiger partial charge in [0.15, 0.2) is 10.1 Å². The van der Waals surface area contributed by atoms with E-state index in [4.69, 9.17) is 23.2 Å². The van der Waals surface area contributed by atoms with E-state index >= 15 is 0 Å². The molecule has 0 amide bonds. The lowest BCUT2D eigenvalue weighted by Gasteiger charge is -2.37. The second kappa shape index (κ2) is 4.17. The zero-order chi connectivity index (χ0) is 11.9. The van der Waals surface area contributed by atoms with Gasteiger partial charge < -0.3 is 0 Å². The standard InChI is InChI=1S/C12H12Cl2OSi/c1-7-4-3-5-9(8(7)2)16-11-6-10(15)12(11,13)14/h3-5,11H,6H2,1-2H3. The lowest BCUT2D eigenvalue weighted by molar-refractivity contribution is -0.124. The summed E-state index contributed by atoms with van der Waals surface area (Å²) in [4.78, 5) is 11.2. The molecule has 0 N–H and O–H groups in total. The highest BCUT2D eigenvalue weighted by molar-refractivity contribution is 6.70. The van der Waals surface area contributed by atoms with Crippen LogP contribution < -0.4 is 5.19 Å². The smallest absolute Gasteiger partial charge is 0.176 e. The monoisotopic (exact) mass is 270 g/mol. The lowest BCUT2D eigenvalue weighted by atomic mass is 9.96. The maximum Gasteiger partial charge on any atom is 0.176 e. The molecule has 1 aliphatic carbocycles. The number of Topliss-reactive ketones (excluding diaryl/α,β-unsaturated/α-hetero) is 1. The predicted octanol–water partition coefficient (Wildman–Crippen LogP) is 2.57. The number of aryl methyl sites for hydroxylation is 1. The minimum Gasteiger partial charge on any atom is -0.296 e. The average Bonchev–Trinajstić information content (AvgIpc) is 2.24. The molecule has 1 atom stereocenters. The van der Waals surface area contributed by atoms with E-state index in [1.54, 1.807) is 0 Å². The molecular weight excluding hydrogens is 259 g/mol. The van der Waals surface area contributed by atoms with E-state index in [1.165, 1.54) is 16.3 Å². The van der Waals surface area contributed by atoms with Crippen molar-refractivity contribution in [1.82, 2.24) is 0 Å². The molecule has 84 valence electrons. The molecule has 2 radical (unpaired) electrons. The van der Waals surface area contributed by atoms with Crippen molar-refractivity contribution in [2.75, 3.05) is 0 Å². The highest BCUT2D eigenvalue weighted by atomic mass is 35.5. The average molecular weight is 271 g/mol. The van der Waals surface area contributed by atoms with Crippen molar-refractivity contribution in [2.24, 2.45) is 0 Å². The molecule has 1 fully saturated rings. The number of benzene rings is 1. The van der Waals surface area contributed by atoms with Gasteiger partial charge in [-0.15, -0.1) is 0 Å². The minimum absolute atomic E-state index is 0.0429. The summed E-state index contributed by atoms with van der Waals surface area (Å²) in [7, 11) is 0.513. The number of halogens is 2. The zero-order valence-corrected chi connectivity index (χ0v) is 11.7. The second-order valence-corrected chi connectivity index (χ2v) is 7.10. The van der Waals surface area contributed by atoms with Crippen molar-refractivity contribution in [3.05, 3.63) is 29.3 Å². The van der Waals surface area contributed by atoms with Crippen molar-refractivity contribution in [3.63, 3.8) is 0 Å². The first-order chi connectivity index (χ1) is 7.43. The number of hydrogen-bond donors (Lipinski definition) is 0. The van der Waals surface area contributed by atoms with Gasteiger partial charge in [-0.25, -0.2) is 0 Å². The van der Waals surface area contributed by atoms with E-state index in [0.717, 1.165) is 0 Å². The first kappa shape index (κ1) is 12.2. The normalized spacial score (nSPS) is 23.0. The molecule has 0 aromatic heterocycles. The Morgan fingerprint density at radius 1 is 1.38 bits per heavy atom. The van der Waals surface area contributed by atoms with Crippen LogP contribution in [0.5, 0.6) is 0 Å². The van der Waals surface area contributed by atoms with Crippen LogP contribution in [0.4, 0.5) is 0 Å². The summed E-state index contributed by atoms with van der Waals surface area (Å²) in [5.74, 6) is -0.0429. The van der Waals surface area contributed by atoms with Gasteiger partial charge in [0.25, 0.3) is 0 Å². The van der Waals surface area contributed by atoms with E-state index in [-0.39, 0.29) is 11.3 Å². The van der Waals surface area contributed by atoms with Crippen LogP contribution in [-0.4, -0.2) is 19.6 Å². The highest BCUT2D eigenvalue weighted by Crippen LogP contribution is 2.48. The molecule has 1 unspecified atom stereocenters. The number of carbonyl (C=O) groups excluding carboxylic acids is 1. The summed E-state index contributed by atoms with van der Waals surface area (Å²) in [6, 6.07) is 6.21. The topological polar surface area (TPSA) is 17.1 Å². The fourth-order valence-corrected chi connectivity index (χ4v) is 4.00. The van der Waals surface area contributed by atoms with Gasteiger partial charge in [-0.2, -0.15) is 0 Å².